The third kappa shape index (κ3) is 387. The molecule has 0 heterocycles. The van der Waals surface area contributed by atoms with Crippen LogP contribution in [0.3, 0.4) is 0 Å². The van der Waals surface area contributed by atoms with Crippen molar-refractivity contribution < 1.29 is 51.5 Å². The molecule has 0 bridgehead atoms. The Morgan fingerprint density at radius 3 is 1.12 bits per heavy atom. The topological polar surface area (TPSA) is 120 Å². The van der Waals surface area contributed by atoms with Gasteiger partial charge in [-0.15, -0.1) is 0 Å². The molecule has 8 heteroatoms. The SMILES string of the molecule is O=P([O-])([O-])[O-].[O]=[U+2]=[O]. The van der Waals surface area contributed by atoms with E-state index in [-0.39, 0.29) is 0 Å². The summed E-state index contributed by atoms with van der Waals surface area (Å²) in [6.45, 7) is 0. The second-order valence-corrected chi connectivity index (χ2v) is 2.12. The van der Waals surface area contributed by atoms with E-state index in [2.05, 4.69) is 0 Å². The fourth-order valence-corrected chi connectivity index (χ4v) is 0. The molecule has 0 aliphatic rings. The monoisotopic (exact) mass is 365 g/mol. The molecule has 0 aromatic heterocycles. The summed E-state index contributed by atoms with van der Waals surface area (Å²) in [4.78, 5) is 25.6. The van der Waals surface area contributed by atoms with Crippen LogP contribution in [-0.2, 0) is 9.04 Å². The van der Waals surface area contributed by atoms with Gasteiger partial charge in [-0.2, -0.15) is 7.82 Å². The van der Waals surface area contributed by atoms with Gasteiger partial charge >= 0.3 is 32.3 Å². The van der Waals surface area contributed by atoms with Gasteiger partial charge < -0.3 is 19.2 Å². The van der Waals surface area contributed by atoms with Crippen LogP contribution >= 0.6 is 7.82 Å². The van der Waals surface area contributed by atoms with Gasteiger partial charge in [0.05, 0.1) is 0 Å². The predicted molar refractivity (Wildman–Crippen MR) is 8.98 cm³/mol. The van der Waals surface area contributed by atoms with E-state index in [9.17, 15) is 0 Å². The van der Waals surface area contributed by atoms with Gasteiger partial charge in [0, 0.05) is 0 Å². The van der Waals surface area contributed by atoms with E-state index in [1.807, 2.05) is 0 Å². The van der Waals surface area contributed by atoms with Crippen LogP contribution < -0.4 is 14.7 Å². The van der Waals surface area contributed by atoms with Gasteiger partial charge in [-0.1, -0.05) is 0 Å². The molecule has 8 heavy (non-hydrogen) atoms. The van der Waals surface area contributed by atoms with Gasteiger partial charge in [0.25, 0.3) is 0 Å². The summed E-state index contributed by atoms with van der Waals surface area (Å²) in [6.07, 6.45) is 0. The van der Waals surface area contributed by atoms with Crippen molar-refractivity contribution in [2.75, 3.05) is 0 Å². The van der Waals surface area contributed by atoms with Crippen LogP contribution in [0.2, 0.25) is 0 Å². The van der Waals surface area contributed by atoms with E-state index < -0.39 is 35.6 Å². The Kier molecular flexibility index (Phi) is 8.50. The first-order valence-electron chi connectivity index (χ1n) is 1.14. The molecule has 0 aliphatic carbocycles. The van der Waals surface area contributed by atoms with Crippen molar-refractivity contribution in [1.29, 1.82) is 0 Å². The zero-order chi connectivity index (χ0) is 7.21. The zero-order valence-electron chi connectivity index (χ0n) is 3.40. The molecule has 0 unspecified atom stereocenters. The first-order valence-corrected chi connectivity index (χ1v) is 6.00. The Balaban J connectivity index is 0. The molecular weight excluding hydrogens is 365 g/mol. The third-order valence-electron chi connectivity index (χ3n) is 0. The van der Waals surface area contributed by atoms with Crippen molar-refractivity contribution in [3.63, 3.8) is 0 Å². The van der Waals surface area contributed by atoms with Gasteiger partial charge in [-0.05, 0) is 0 Å². The van der Waals surface area contributed by atoms with Crippen LogP contribution in [0.1, 0.15) is 0 Å². The predicted octanol–water partition coefficient (Wildman–Crippen LogP) is -3.06. The van der Waals surface area contributed by atoms with E-state index in [1.165, 1.54) is 0 Å². The van der Waals surface area contributed by atoms with Crippen LogP contribution in [-0.4, -0.2) is 0 Å². The van der Waals surface area contributed by atoms with Crippen LogP contribution in [0, 0.1) is 27.8 Å². The molecule has 0 N–H and O–H groups in total. The summed E-state index contributed by atoms with van der Waals surface area (Å²) in [5.41, 5.74) is 0. The third-order valence-corrected chi connectivity index (χ3v) is 0. The quantitative estimate of drug-likeness (QED) is 0.421. The van der Waals surface area contributed by atoms with Gasteiger partial charge in [-0.25, -0.2) is 0 Å². The molecule has 0 spiro atoms. The number of hydrogen-bond donors (Lipinski definition) is 0. The molecule has 0 aliphatic heterocycles. The van der Waals surface area contributed by atoms with E-state index in [0.717, 1.165) is 0 Å². The molecule has 0 aromatic carbocycles. The number of phosphoric acid groups is 1. The van der Waals surface area contributed by atoms with Crippen molar-refractivity contribution in [1.82, 2.24) is 0 Å². The first kappa shape index (κ1) is 11.5. The molecule has 0 amide bonds. The van der Waals surface area contributed by atoms with Gasteiger partial charge in [-0.3, -0.25) is 0 Å². The van der Waals surface area contributed by atoms with Crippen molar-refractivity contribution in [3.05, 3.63) is 0 Å². The van der Waals surface area contributed by atoms with E-state index >= 15 is 0 Å². The van der Waals surface area contributed by atoms with Crippen molar-refractivity contribution in [2.24, 2.45) is 0 Å². The van der Waals surface area contributed by atoms with Crippen molar-refractivity contribution >= 4 is 7.82 Å². The van der Waals surface area contributed by atoms with E-state index in [1.54, 1.807) is 0 Å². The molecule has 0 fully saturated rings. The number of rotatable bonds is 0. The standard InChI is InChI=1S/H3O4P.2O.U/c1-5(2,3)4;;;/h(H3,1,2,3,4);;;/q;;;+2/p-3. The molecule has 0 saturated heterocycles. The minimum atomic E-state index is -5.39. The first-order chi connectivity index (χ1) is 3.41. The van der Waals surface area contributed by atoms with Crippen molar-refractivity contribution in [2.45, 2.75) is 0 Å². The molecule has 6 nitrogen and oxygen atoms in total. The second kappa shape index (κ2) is 5.89. The van der Waals surface area contributed by atoms with Crippen LogP contribution in [0.25, 0.3) is 0 Å². The maximum absolute atomic E-state index is 8.58. The van der Waals surface area contributed by atoms with Crippen LogP contribution in [0.4, 0.5) is 0 Å². The normalized spacial score (nSPS) is 8.38. The molecule has 0 atom stereocenters. The van der Waals surface area contributed by atoms with E-state index in [0.29, 0.717) is 0 Å². The number of hydrogen-bond acceptors (Lipinski definition) is 6. The van der Waals surface area contributed by atoms with Crippen LogP contribution in [0.5, 0.6) is 0 Å². The second-order valence-electron chi connectivity index (χ2n) is 0.531. The Bertz CT molecular complexity index is 106. The molecule has 0 radical (unpaired) electrons. The fraction of sp³-hybridized carbons (Fsp3) is 0. The minimum absolute atomic E-state index is 2.51. The van der Waals surface area contributed by atoms with Crippen LogP contribution in [0.15, 0.2) is 0 Å². The van der Waals surface area contributed by atoms with E-state index in [4.69, 9.17) is 23.7 Å². The molecule has 0 saturated carbocycles. The summed E-state index contributed by atoms with van der Waals surface area (Å²) in [7, 11) is -5.39. The summed E-state index contributed by atoms with van der Waals surface area (Å²) < 4.78 is 25.7. The molecule has 0 aromatic rings. The van der Waals surface area contributed by atoms with Gasteiger partial charge in [0.2, 0.25) is 0 Å². The van der Waals surface area contributed by atoms with Gasteiger partial charge in [0.15, 0.2) is 0 Å². The summed E-state index contributed by atoms with van der Waals surface area (Å²) in [5.74, 6) is 0. The Morgan fingerprint density at radius 1 is 1.12 bits per heavy atom. The van der Waals surface area contributed by atoms with Crippen molar-refractivity contribution in [3.8, 4) is 0 Å². The summed E-state index contributed by atoms with van der Waals surface area (Å²) >= 11 is -2.51. The maximum atomic E-state index is 8.58. The average Bonchev–Trinajstić information content (AvgIpc) is 1.27. The zero-order valence-corrected chi connectivity index (χ0v) is 8.45. The molecule has 46 valence electrons. The van der Waals surface area contributed by atoms with Gasteiger partial charge in [0.1, 0.15) is 0 Å². The molecule has 0 rings (SSSR count). The Hall–Kier alpha value is 0.762. The average molecular weight is 365 g/mol. The summed E-state index contributed by atoms with van der Waals surface area (Å²) in [5, 5.41) is 0. The molecular formula is O6PU-. The fourth-order valence-electron chi connectivity index (χ4n) is 0. The Morgan fingerprint density at radius 2 is 1.12 bits per heavy atom. The summed E-state index contributed by atoms with van der Waals surface area (Å²) in [6, 6.07) is 0. The Labute approximate surface area is 59.4 Å².